The second-order valence-electron chi connectivity index (χ2n) is 6.72. The summed E-state index contributed by atoms with van der Waals surface area (Å²) in [7, 11) is 3.25. The standard InChI is InChI=1S/C19H24N6O3/c1-21-17-16-14(5-6-22-16)23-19(20,24-17)13-4-3-12(11-15(13)27-2)18(26)25-7-9-28-10-8-25/h3-6,11,22-23H,7-10,20H2,1-2H3,(H,21,24). The van der Waals surface area contributed by atoms with Crippen molar-refractivity contribution in [2.45, 2.75) is 5.79 Å². The third-order valence-electron chi connectivity index (χ3n) is 5.03. The quantitative estimate of drug-likeness (QED) is 0.618. The lowest BCUT2D eigenvalue weighted by molar-refractivity contribution is 0.0302. The molecule has 9 nitrogen and oxygen atoms in total. The highest BCUT2D eigenvalue weighted by atomic mass is 16.5. The van der Waals surface area contributed by atoms with E-state index in [1.807, 2.05) is 12.3 Å². The number of hydrogen-bond donors (Lipinski definition) is 4. The van der Waals surface area contributed by atoms with Crippen LogP contribution in [-0.2, 0) is 10.5 Å². The molecule has 1 aromatic heterocycles. The number of carbonyl (C=O) groups is 1. The molecule has 2 aliphatic rings. The van der Waals surface area contributed by atoms with Gasteiger partial charge in [0.05, 0.1) is 31.6 Å². The van der Waals surface area contributed by atoms with Crippen LogP contribution >= 0.6 is 0 Å². The van der Waals surface area contributed by atoms with E-state index >= 15 is 0 Å². The third-order valence-corrected chi connectivity index (χ3v) is 5.03. The molecule has 1 atom stereocenters. The SMILES string of the molecule is CN=C1NC(N)(c2ccc(C(=O)N3CCOCC3)cc2OC)Nc2cc[nH]c21. The second-order valence-corrected chi connectivity index (χ2v) is 6.72. The van der Waals surface area contributed by atoms with Crippen molar-refractivity contribution in [3.8, 4) is 5.75 Å². The Morgan fingerprint density at radius 2 is 2.07 bits per heavy atom. The average molecular weight is 384 g/mol. The zero-order chi connectivity index (χ0) is 19.7. The lowest BCUT2D eigenvalue weighted by atomic mass is 10.0. The van der Waals surface area contributed by atoms with Crippen molar-refractivity contribution in [3.63, 3.8) is 0 Å². The molecule has 0 saturated carbocycles. The molecule has 0 spiro atoms. The van der Waals surface area contributed by atoms with E-state index < -0.39 is 5.79 Å². The normalized spacial score (nSPS) is 23.0. The maximum absolute atomic E-state index is 12.8. The van der Waals surface area contributed by atoms with Gasteiger partial charge in [-0.3, -0.25) is 15.5 Å². The van der Waals surface area contributed by atoms with Gasteiger partial charge < -0.3 is 30.0 Å². The number of aromatic nitrogens is 1. The van der Waals surface area contributed by atoms with E-state index in [9.17, 15) is 4.79 Å². The van der Waals surface area contributed by atoms with Crippen LogP contribution in [0.4, 0.5) is 5.69 Å². The van der Waals surface area contributed by atoms with Crippen molar-refractivity contribution in [2.24, 2.45) is 10.7 Å². The number of methoxy groups -OCH3 is 1. The topological polar surface area (TPSA) is 117 Å². The highest BCUT2D eigenvalue weighted by molar-refractivity contribution is 6.04. The number of nitrogens with two attached hydrogens (primary N) is 1. The van der Waals surface area contributed by atoms with Crippen molar-refractivity contribution in [1.29, 1.82) is 0 Å². The smallest absolute Gasteiger partial charge is 0.254 e. The first-order valence-corrected chi connectivity index (χ1v) is 9.11. The number of nitrogens with one attached hydrogen (secondary N) is 3. The van der Waals surface area contributed by atoms with Gasteiger partial charge in [-0.1, -0.05) is 0 Å². The number of ether oxygens (including phenoxy) is 2. The lowest BCUT2D eigenvalue weighted by Gasteiger charge is -2.38. The molecule has 3 heterocycles. The number of fused-ring (bicyclic) bond motifs is 1. The monoisotopic (exact) mass is 384 g/mol. The molecule has 148 valence electrons. The predicted octanol–water partition coefficient (Wildman–Crippen LogP) is 0.656. The molecule has 1 saturated heterocycles. The number of rotatable bonds is 3. The van der Waals surface area contributed by atoms with Crippen LogP contribution < -0.4 is 21.1 Å². The number of anilines is 1. The Morgan fingerprint density at radius 3 is 2.79 bits per heavy atom. The fraction of sp³-hybridized carbons (Fsp3) is 0.368. The Kier molecular flexibility index (Phi) is 4.70. The largest absolute Gasteiger partial charge is 0.496 e. The minimum Gasteiger partial charge on any atom is -0.496 e. The van der Waals surface area contributed by atoms with E-state index in [0.717, 1.165) is 11.4 Å². The van der Waals surface area contributed by atoms with Crippen LogP contribution in [-0.4, -0.2) is 62.1 Å². The van der Waals surface area contributed by atoms with E-state index in [-0.39, 0.29) is 5.91 Å². The van der Waals surface area contributed by atoms with Crippen molar-refractivity contribution in [1.82, 2.24) is 15.2 Å². The number of amides is 1. The summed E-state index contributed by atoms with van der Waals surface area (Å²) in [6, 6.07) is 7.19. The Hall–Kier alpha value is -3.04. The van der Waals surface area contributed by atoms with Gasteiger partial charge in [0.1, 0.15) is 17.3 Å². The van der Waals surface area contributed by atoms with Crippen LogP contribution in [0.15, 0.2) is 35.5 Å². The zero-order valence-electron chi connectivity index (χ0n) is 15.9. The number of hydrogen-bond acceptors (Lipinski definition) is 6. The van der Waals surface area contributed by atoms with Gasteiger partial charge in [0.25, 0.3) is 5.91 Å². The van der Waals surface area contributed by atoms with E-state index in [1.54, 1.807) is 37.3 Å². The number of amidine groups is 1. The number of carbonyl (C=O) groups excluding carboxylic acids is 1. The van der Waals surface area contributed by atoms with Crippen LogP contribution in [0.2, 0.25) is 0 Å². The predicted molar refractivity (Wildman–Crippen MR) is 106 cm³/mol. The summed E-state index contributed by atoms with van der Waals surface area (Å²) in [6.45, 7) is 2.27. The van der Waals surface area contributed by atoms with E-state index in [0.29, 0.717) is 49.0 Å². The van der Waals surface area contributed by atoms with Gasteiger partial charge in [0, 0.05) is 31.9 Å². The van der Waals surface area contributed by atoms with Gasteiger partial charge in [0.2, 0.25) is 0 Å². The van der Waals surface area contributed by atoms with Crippen LogP contribution in [0.25, 0.3) is 0 Å². The van der Waals surface area contributed by atoms with Gasteiger partial charge in [-0.15, -0.1) is 0 Å². The first kappa shape index (κ1) is 18.3. The molecule has 0 bridgehead atoms. The molecular weight excluding hydrogens is 360 g/mol. The average Bonchev–Trinajstić information content (AvgIpc) is 3.20. The number of morpholine rings is 1. The van der Waals surface area contributed by atoms with Crippen molar-refractivity contribution in [2.75, 3.05) is 45.8 Å². The van der Waals surface area contributed by atoms with Crippen molar-refractivity contribution in [3.05, 3.63) is 47.3 Å². The molecule has 28 heavy (non-hydrogen) atoms. The number of aliphatic imine (C=N–C) groups is 1. The summed E-state index contributed by atoms with van der Waals surface area (Å²) in [5.74, 6) is -0.0454. The first-order valence-electron chi connectivity index (χ1n) is 9.11. The number of H-pyrrole nitrogens is 1. The van der Waals surface area contributed by atoms with Gasteiger partial charge in [-0.25, -0.2) is 0 Å². The van der Waals surface area contributed by atoms with Crippen molar-refractivity contribution < 1.29 is 14.3 Å². The molecule has 1 unspecified atom stereocenters. The maximum atomic E-state index is 12.8. The minimum atomic E-state index is -1.14. The summed E-state index contributed by atoms with van der Waals surface area (Å²) in [5.41, 5.74) is 9.54. The van der Waals surface area contributed by atoms with Crippen LogP contribution in [0, 0.1) is 0 Å². The van der Waals surface area contributed by atoms with Gasteiger partial charge in [0.15, 0.2) is 5.79 Å². The molecule has 9 heteroatoms. The van der Waals surface area contributed by atoms with Gasteiger partial charge in [-0.2, -0.15) is 0 Å². The third kappa shape index (κ3) is 3.08. The lowest BCUT2D eigenvalue weighted by Crippen LogP contribution is -2.61. The number of nitrogens with zero attached hydrogens (tertiary/aromatic N) is 2. The second kappa shape index (κ2) is 7.17. The first-order chi connectivity index (χ1) is 13.6. The highest BCUT2D eigenvalue weighted by Crippen LogP contribution is 2.33. The maximum Gasteiger partial charge on any atom is 0.254 e. The van der Waals surface area contributed by atoms with E-state index in [1.165, 1.54) is 0 Å². The van der Waals surface area contributed by atoms with Gasteiger partial charge in [-0.05, 0) is 24.3 Å². The molecule has 1 aromatic carbocycles. The summed E-state index contributed by atoms with van der Waals surface area (Å²) < 4.78 is 10.9. The van der Waals surface area contributed by atoms with Crippen molar-refractivity contribution >= 4 is 17.4 Å². The Balaban J connectivity index is 1.67. The molecule has 1 amide bonds. The summed E-state index contributed by atoms with van der Waals surface area (Å²) in [6.07, 6.45) is 1.82. The minimum absolute atomic E-state index is 0.0486. The Labute approximate surface area is 162 Å². The van der Waals surface area contributed by atoms with E-state index in [4.69, 9.17) is 15.2 Å². The van der Waals surface area contributed by atoms with Crippen LogP contribution in [0.5, 0.6) is 5.75 Å². The number of aromatic amines is 1. The highest BCUT2D eigenvalue weighted by Gasteiger charge is 2.37. The molecule has 1 fully saturated rings. The fourth-order valence-corrected chi connectivity index (χ4v) is 3.56. The molecule has 2 aromatic rings. The van der Waals surface area contributed by atoms with Crippen LogP contribution in [0.3, 0.4) is 0 Å². The zero-order valence-corrected chi connectivity index (χ0v) is 15.9. The molecule has 0 aliphatic carbocycles. The molecule has 2 aliphatic heterocycles. The molecule has 5 N–H and O–H groups in total. The number of benzene rings is 1. The fourth-order valence-electron chi connectivity index (χ4n) is 3.56. The van der Waals surface area contributed by atoms with Gasteiger partial charge >= 0.3 is 0 Å². The summed E-state index contributed by atoms with van der Waals surface area (Å²) >= 11 is 0. The molecule has 4 rings (SSSR count). The summed E-state index contributed by atoms with van der Waals surface area (Å²) in [5, 5.41) is 6.50. The van der Waals surface area contributed by atoms with E-state index in [2.05, 4.69) is 20.6 Å². The Bertz CT molecular complexity index is 918. The molecular formula is C19H24N6O3. The Morgan fingerprint density at radius 1 is 1.29 bits per heavy atom. The molecule has 0 radical (unpaired) electrons. The summed E-state index contributed by atoms with van der Waals surface area (Å²) in [4.78, 5) is 22.0. The van der Waals surface area contributed by atoms with Crippen LogP contribution in [0.1, 0.15) is 21.6 Å².